The van der Waals surface area contributed by atoms with Crippen molar-refractivity contribution in [2.45, 2.75) is 12.8 Å². The van der Waals surface area contributed by atoms with Gasteiger partial charge in [0.25, 0.3) is 0 Å². The van der Waals surface area contributed by atoms with Gasteiger partial charge in [0, 0.05) is 21.7 Å². The van der Waals surface area contributed by atoms with E-state index in [1.165, 1.54) is 12.1 Å². The van der Waals surface area contributed by atoms with E-state index in [0.717, 1.165) is 22.3 Å². The van der Waals surface area contributed by atoms with Crippen molar-refractivity contribution in [2.24, 2.45) is 5.92 Å². The zero-order valence-corrected chi connectivity index (χ0v) is 20.5. The second-order valence-electron chi connectivity index (χ2n) is 8.13. The van der Waals surface area contributed by atoms with Gasteiger partial charge in [0.15, 0.2) is 0 Å². The van der Waals surface area contributed by atoms with Gasteiger partial charge in [-0.15, -0.1) is 0 Å². The molecule has 0 aliphatic heterocycles. The normalized spacial score (nSPS) is 12.9. The molecule has 0 saturated heterocycles. The van der Waals surface area contributed by atoms with Gasteiger partial charge in [0.1, 0.15) is 6.61 Å². The first-order valence-corrected chi connectivity index (χ1v) is 11.8. The summed E-state index contributed by atoms with van der Waals surface area (Å²) in [6, 6.07) is 20.8. The predicted molar refractivity (Wildman–Crippen MR) is 137 cm³/mol. The van der Waals surface area contributed by atoms with Crippen LogP contribution in [0.3, 0.4) is 0 Å². The van der Waals surface area contributed by atoms with Gasteiger partial charge in [0.05, 0.1) is 11.5 Å². The van der Waals surface area contributed by atoms with Gasteiger partial charge >= 0.3 is 12.1 Å². The third kappa shape index (κ3) is 5.22. The molecule has 34 heavy (non-hydrogen) atoms. The second-order valence-corrected chi connectivity index (χ2v) is 9.38. The van der Waals surface area contributed by atoms with Crippen LogP contribution in [0.5, 0.6) is 0 Å². The topological polar surface area (TPSA) is 105 Å². The lowest BCUT2D eigenvalue weighted by molar-refractivity contribution is -0.119. The van der Waals surface area contributed by atoms with E-state index >= 15 is 0 Å². The van der Waals surface area contributed by atoms with Crippen molar-refractivity contribution in [1.29, 1.82) is 0 Å². The minimum atomic E-state index is -1.07. The SMILES string of the molecule is CC(CNC(=O)OCC1c2ccccc2-c2ccccc21)C(=O)Nc1cc(I)cc(C(=O)O)c1. The van der Waals surface area contributed by atoms with Crippen molar-refractivity contribution >= 4 is 46.2 Å². The molecule has 2 amide bonds. The molecule has 1 aliphatic rings. The monoisotopic (exact) mass is 570 g/mol. The number of halogens is 1. The van der Waals surface area contributed by atoms with Crippen molar-refractivity contribution in [3.8, 4) is 11.1 Å². The van der Waals surface area contributed by atoms with Crippen LogP contribution in [0.1, 0.15) is 34.3 Å². The van der Waals surface area contributed by atoms with Gasteiger partial charge in [-0.05, 0) is 63.0 Å². The van der Waals surface area contributed by atoms with Crippen molar-refractivity contribution < 1.29 is 24.2 Å². The molecule has 3 aromatic carbocycles. The number of rotatable bonds is 7. The molecule has 0 saturated carbocycles. The Kier molecular flexibility index (Phi) is 7.16. The Labute approximate surface area is 210 Å². The van der Waals surface area contributed by atoms with Crippen LogP contribution in [0.15, 0.2) is 66.7 Å². The number of hydrogen-bond donors (Lipinski definition) is 3. The van der Waals surface area contributed by atoms with Crippen LogP contribution in [0, 0.1) is 9.49 Å². The highest BCUT2D eigenvalue weighted by atomic mass is 127. The number of aromatic carboxylic acids is 1. The molecule has 7 nitrogen and oxygen atoms in total. The van der Waals surface area contributed by atoms with Crippen LogP contribution in [0.2, 0.25) is 0 Å². The highest BCUT2D eigenvalue weighted by molar-refractivity contribution is 14.1. The lowest BCUT2D eigenvalue weighted by Gasteiger charge is -2.16. The van der Waals surface area contributed by atoms with Crippen molar-refractivity contribution in [1.82, 2.24) is 5.32 Å². The number of alkyl carbamates (subject to hydrolysis) is 1. The van der Waals surface area contributed by atoms with Crippen LogP contribution in [0.4, 0.5) is 10.5 Å². The summed E-state index contributed by atoms with van der Waals surface area (Å²) in [7, 11) is 0. The van der Waals surface area contributed by atoms with E-state index in [-0.39, 0.29) is 30.5 Å². The van der Waals surface area contributed by atoms with Crippen LogP contribution in [-0.4, -0.2) is 36.2 Å². The van der Waals surface area contributed by atoms with Gasteiger partial charge in [-0.25, -0.2) is 9.59 Å². The third-order valence-corrected chi connectivity index (χ3v) is 6.38. The molecule has 0 aromatic heterocycles. The number of carbonyl (C=O) groups is 3. The molecule has 3 N–H and O–H groups in total. The van der Waals surface area contributed by atoms with Crippen LogP contribution in [-0.2, 0) is 9.53 Å². The Balaban J connectivity index is 1.31. The summed E-state index contributed by atoms with van der Waals surface area (Å²) >= 11 is 1.99. The van der Waals surface area contributed by atoms with E-state index in [4.69, 9.17) is 4.74 Å². The fourth-order valence-electron chi connectivity index (χ4n) is 4.03. The molecule has 0 radical (unpaired) electrons. The Bertz CT molecular complexity index is 1210. The van der Waals surface area contributed by atoms with E-state index in [9.17, 15) is 19.5 Å². The molecule has 4 rings (SSSR count). The van der Waals surface area contributed by atoms with Crippen molar-refractivity contribution in [3.63, 3.8) is 0 Å². The lowest BCUT2D eigenvalue weighted by Crippen LogP contribution is -2.35. The largest absolute Gasteiger partial charge is 0.478 e. The maximum atomic E-state index is 12.5. The van der Waals surface area contributed by atoms with E-state index in [1.807, 2.05) is 59.0 Å². The molecule has 1 atom stereocenters. The highest BCUT2D eigenvalue weighted by Gasteiger charge is 2.29. The summed E-state index contributed by atoms with van der Waals surface area (Å²) in [5.41, 5.74) is 5.04. The first kappa shape index (κ1) is 23.7. The Morgan fingerprint density at radius 1 is 1.00 bits per heavy atom. The quantitative estimate of drug-likeness (QED) is 0.343. The smallest absolute Gasteiger partial charge is 0.407 e. The van der Waals surface area contributed by atoms with Crippen LogP contribution in [0.25, 0.3) is 11.1 Å². The van der Waals surface area contributed by atoms with Gasteiger partial charge in [-0.1, -0.05) is 55.5 Å². The average Bonchev–Trinajstić information content (AvgIpc) is 3.14. The second kappa shape index (κ2) is 10.3. The molecule has 1 unspecified atom stereocenters. The van der Waals surface area contributed by atoms with Gasteiger partial charge in [-0.3, -0.25) is 4.79 Å². The number of carboxylic acid groups (broad SMARTS) is 1. The lowest BCUT2D eigenvalue weighted by atomic mass is 9.98. The first-order valence-electron chi connectivity index (χ1n) is 10.8. The van der Waals surface area contributed by atoms with Gasteiger partial charge in [-0.2, -0.15) is 0 Å². The molecule has 3 aromatic rings. The number of anilines is 1. The number of nitrogens with one attached hydrogen (secondary N) is 2. The number of ether oxygens (including phenoxy) is 1. The fraction of sp³-hybridized carbons (Fsp3) is 0.192. The maximum Gasteiger partial charge on any atom is 0.407 e. The highest BCUT2D eigenvalue weighted by Crippen LogP contribution is 2.44. The zero-order chi connectivity index (χ0) is 24.2. The van der Waals surface area contributed by atoms with Gasteiger partial charge in [0.2, 0.25) is 5.91 Å². The molecule has 1 aliphatic carbocycles. The molecule has 0 fully saturated rings. The Hall–Kier alpha value is -3.40. The zero-order valence-electron chi connectivity index (χ0n) is 18.4. The van der Waals surface area contributed by atoms with E-state index in [1.54, 1.807) is 13.0 Å². The summed E-state index contributed by atoms with van der Waals surface area (Å²) < 4.78 is 6.19. The summed E-state index contributed by atoms with van der Waals surface area (Å²) in [4.78, 5) is 36.1. The van der Waals surface area contributed by atoms with E-state index in [0.29, 0.717) is 9.26 Å². The third-order valence-electron chi connectivity index (χ3n) is 5.76. The van der Waals surface area contributed by atoms with Crippen LogP contribution < -0.4 is 10.6 Å². The van der Waals surface area contributed by atoms with Crippen molar-refractivity contribution in [2.75, 3.05) is 18.5 Å². The maximum absolute atomic E-state index is 12.5. The number of fused-ring (bicyclic) bond motifs is 3. The minimum absolute atomic E-state index is 0.0390. The summed E-state index contributed by atoms with van der Waals surface area (Å²) in [6.07, 6.45) is -0.594. The summed E-state index contributed by atoms with van der Waals surface area (Å²) in [6.45, 7) is 1.95. The number of carboxylic acids is 1. The minimum Gasteiger partial charge on any atom is -0.478 e. The van der Waals surface area contributed by atoms with E-state index < -0.39 is 18.0 Å². The number of amides is 2. The molecule has 0 spiro atoms. The molecular weight excluding hydrogens is 547 g/mol. The van der Waals surface area contributed by atoms with Crippen molar-refractivity contribution in [3.05, 3.63) is 87.0 Å². The first-order chi connectivity index (χ1) is 16.3. The Morgan fingerprint density at radius 3 is 2.24 bits per heavy atom. The molecule has 8 heteroatoms. The fourth-order valence-corrected chi connectivity index (χ4v) is 4.70. The number of benzene rings is 3. The summed E-state index contributed by atoms with van der Waals surface area (Å²) in [5.74, 6) is -1.99. The number of hydrogen-bond acceptors (Lipinski definition) is 4. The van der Waals surface area contributed by atoms with Crippen LogP contribution >= 0.6 is 22.6 Å². The predicted octanol–water partition coefficient (Wildman–Crippen LogP) is 5.10. The van der Waals surface area contributed by atoms with Gasteiger partial charge < -0.3 is 20.5 Å². The summed E-state index contributed by atoms with van der Waals surface area (Å²) in [5, 5.41) is 14.5. The molecule has 0 bridgehead atoms. The molecule has 174 valence electrons. The Morgan fingerprint density at radius 2 is 1.62 bits per heavy atom. The van der Waals surface area contributed by atoms with E-state index in [2.05, 4.69) is 22.8 Å². The molecular formula is C26H23IN2O5. The number of carbonyl (C=O) groups excluding carboxylic acids is 2. The molecule has 0 heterocycles. The standard InChI is InChI=1S/C26H23IN2O5/c1-15(24(30)29-18-11-16(25(31)32)10-17(27)12-18)13-28-26(33)34-14-23-21-8-4-2-6-19(21)20-7-3-5-9-22(20)23/h2-12,15,23H,13-14H2,1H3,(H,28,33)(H,29,30)(H,31,32). The average molecular weight is 570 g/mol.